The Kier molecular flexibility index (Phi) is 5.61. The summed E-state index contributed by atoms with van der Waals surface area (Å²) in [5, 5.41) is 2.90. The summed E-state index contributed by atoms with van der Waals surface area (Å²) in [5.41, 5.74) is 0. The molecule has 3 aliphatic rings. The maximum absolute atomic E-state index is 12.8. The molecule has 1 unspecified atom stereocenters. The maximum atomic E-state index is 12.8. The van der Waals surface area contributed by atoms with Crippen LogP contribution in [0.4, 0.5) is 0 Å². The van der Waals surface area contributed by atoms with Crippen molar-refractivity contribution in [3.8, 4) is 0 Å². The molecule has 1 atom stereocenters. The van der Waals surface area contributed by atoms with Gasteiger partial charge in [-0.05, 0) is 33.1 Å². The van der Waals surface area contributed by atoms with E-state index in [4.69, 9.17) is 0 Å². The molecule has 0 aromatic carbocycles. The summed E-state index contributed by atoms with van der Waals surface area (Å²) in [7, 11) is 0. The molecule has 0 radical (unpaired) electrons. The topological polar surface area (TPSA) is 73.0 Å². The zero-order valence-corrected chi connectivity index (χ0v) is 15.4. The van der Waals surface area contributed by atoms with Gasteiger partial charge in [-0.25, -0.2) is 0 Å². The number of piperazine rings is 1. The van der Waals surface area contributed by atoms with Gasteiger partial charge in [0.2, 0.25) is 17.7 Å². The molecule has 3 fully saturated rings. The predicted octanol–water partition coefficient (Wildman–Crippen LogP) is 0.0562. The molecule has 0 aromatic rings. The first-order valence-corrected chi connectivity index (χ1v) is 9.54. The molecule has 140 valence electrons. The van der Waals surface area contributed by atoms with Gasteiger partial charge in [-0.1, -0.05) is 0 Å². The number of nitrogens with zero attached hydrogens (tertiary/aromatic N) is 3. The maximum Gasteiger partial charge on any atom is 0.234 e. The van der Waals surface area contributed by atoms with Gasteiger partial charge in [-0.3, -0.25) is 19.3 Å². The second kappa shape index (κ2) is 7.72. The summed E-state index contributed by atoms with van der Waals surface area (Å²) in [4.78, 5) is 42.6. The number of nitrogens with one attached hydrogen (secondary N) is 1. The van der Waals surface area contributed by atoms with Gasteiger partial charge in [-0.15, -0.1) is 0 Å². The van der Waals surface area contributed by atoms with Gasteiger partial charge >= 0.3 is 0 Å². The van der Waals surface area contributed by atoms with E-state index in [9.17, 15) is 14.4 Å². The summed E-state index contributed by atoms with van der Waals surface area (Å²) in [6, 6.07) is 0.540. The van der Waals surface area contributed by atoms with Gasteiger partial charge in [0.05, 0.1) is 12.5 Å². The monoisotopic (exact) mass is 350 g/mol. The Hall–Kier alpha value is -1.63. The lowest BCUT2D eigenvalue weighted by atomic mass is 9.95. The number of hydrogen-bond donors (Lipinski definition) is 1. The van der Waals surface area contributed by atoms with Crippen molar-refractivity contribution in [1.29, 1.82) is 0 Å². The first kappa shape index (κ1) is 18.2. The van der Waals surface area contributed by atoms with E-state index in [-0.39, 0.29) is 29.7 Å². The number of hydrogen-bond acceptors (Lipinski definition) is 4. The molecule has 1 aliphatic carbocycles. The molecule has 25 heavy (non-hydrogen) atoms. The molecule has 2 aliphatic heterocycles. The molecule has 0 bridgehead atoms. The van der Waals surface area contributed by atoms with Crippen molar-refractivity contribution in [1.82, 2.24) is 20.0 Å². The molecule has 0 aromatic heterocycles. The quantitative estimate of drug-likeness (QED) is 0.761. The second-order valence-corrected chi connectivity index (χ2v) is 7.84. The minimum atomic E-state index is -0.0471. The first-order chi connectivity index (χ1) is 11.9. The molecule has 2 saturated heterocycles. The van der Waals surface area contributed by atoms with Gasteiger partial charge in [0, 0.05) is 51.2 Å². The van der Waals surface area contributed by atoms with Crippen LogP contribution < -0.4 is 5.32 Å². The molecule has 2 heterocycles. The van der Waals surface area contributed by atoms with Gasteiger partial charge in [0.25, 0.3) is 0 Å². The zero-order valence-electron chi connectivity index (χ0n) is 15.4. The largest absolute Gasteiger partial charge is 0.353 e. The normalized spacial score (nSPS) is 25.4. The highest BCUT2D eigenvalue weighted by molar-refractivity contribution is 5.84. The van der Waals surface area contributed by atoms with Crippen LogP contribution in [0.2, 0.25) is 0 Å². The van der Waals surface area contributed by atoms with E-state index in [1.807, 2.05) is 23.6 Å². The zero-order chi connectivity index (χ0) is 18.0. The Bertz CT molecular complexity index is 524. The fourth-order valence-electron chi connectivity index (χ4n) is 3.77. The fourth-order valence-corrected chi connectivity index (χ4v) is 3.77. The summed E-state index contributed by atoms with van der Waals surface area (Å²) < 4.78 is 0. The average Bonchev–Trinajstić information content (AvgIpc) is 3.39. The SMILES string of the molecule is CC(C)NC(=O)CN1CCN(C(=O)C2CCC(=O)N(C3CC3)C2)CC1. The minimum Gasteiger partial charge on any atom is -0.353 e. The van der Waals surface area contributed by atoms with Crippen molar-refractivity contribution in [2.45, 2.75) is 51.6 Å². The van der Waals surface area contributed by atoms with Crippen LogP contribution in [0, 0.1) is 5.92 Å². The van der Waals surface area contributed by atoms with Crippen LogP contribution in [0.3, 0.4) is 0 Å². The van der Waals surface area contributed by atoms with Crippen LogP contribution in [0.15, 0.2) is 0 Å². The number of likely N-dealkylation sites (tertiary alicyclic amines) is 1. The highest BCUT2D eigenvalue weighted by Gasteiger charge is 2.40. The Morgan fingerprint density at radius 3 is 2.40 bits per heavy atom. The van der Waals surface area contributed by atoms with Crippen LogP contribution in [0.5, 0.6) is 0 Å². The van der Waals surface area contributed by atoms with E-state index in [2.05, 4.69) is 10.2 Å². The molecular weight excluding hydrogens is 320 g/mol. The number of carbonyl (C=O) groups is 3. The third-order valence-corrected chi connectivity index (χ3v) is 5.28. The smallest absolute Gasteiger partial charge is 0.234 e. The van der Waals surface area contributed by atoms with Crippen LogP contribution in [-0.4, -0.2) is 83.8 Å². The minimum absolute atomic E-state index is 0.0423. The molecule has 7 nitrogen and oxygen atoms in total. The lowest BCUT2D eigenvalue weighted by Crippen LogP contribution is -2.54. The highest BCUT2D eigenvalue weighted by atomic mass is 16.2. The molecular formula is C18H30N4O3. The second-order valence-electron chi connectivity index (χ2n) is 7.84. The third-order valence-electron chi connectivity index (χ3n) is 5.28. The third kappa shape index (κ3) is 4.71. The first-order valence-electron chi connectivity index (χ1n) is 9.54. The molecule has 7 heteroatoms. The van der Waals surface area contributed by atoms with Crippen LogP contribution in [-0.2, 0) is 14.4 Å². The van der Waals surface area contributed by atoms with Gasteiger partial charge in [-0.2, -0.15) is 0 Å². The van der Waals surface area contributed by atoms with Crippen molar-refractivity contribution in [3.63, 3.8) is 0 Å². The summed E-state index contributed by atoms with van der Waals surface area (Å²) in [5.74, 6) is 0.395. The molecule has 1 saturated carbocycles. The average molecular weight is 350 g/mol. The number of rotatable bonds is 5. The summed E-state index contributed by atoms with van der Waals surface area (Å²) >= 11 is 0. The Balaban J connectivity index is 1.45. The van der Waals surface area contributed by atoms with E-state index in [1.54, 1.807) is 0 Å². The number of piperidine rings is 1. The lowest BCUT2D eigenvalue weighted by molar-refractivity contribution is -0.144. The standard InChI is InChI=1S/C18H30N4O3/c1-13(2)19-16(23)12-20-7-9-21(10-8-20)18(25)14-3-6-17(24)22(11-14)15-4-5-15/h13-15H,3-12H2,1-2H3,(H,19,23). The fraction of sp³-hybridized carbons (Fsp3) is 0.833. The van der Waals surface area contributed by atoms with Crippen molar-refractivity contribution >= 4 is 17.7 Å². The van der Waals surface area contributed by atoms with Crippen LogP contribution >= 0.6 is 0 Å². The number of amides is 3. The molecule has 1 N–H and O–H groups in total. The van der Waals surface area contributed by atoms with E-state index in [0.717, 1.165) is 25.9 Å². The van der Waals surface area contributed by atoms with Gasteiger partial charge < -0.3 is 15.1 Å². The number of carbonyl (C=O) groups excluding carboxylic acids is 3. The van der Waals surface area contributed by atoms with Crippen molar-refractivity contribution in [3.05, 3.63) is 0 Å². The van der Waals surface area contributed by atoms with Crippen LogP contribution in [0.1, 0.15) is 39.5 Å². The summed E-state index contributed by atoms with van der Waals surface area (Å²) in [6.45, 7) is 7.70. The van der Waals surface area contributed by atoms with E-state index in [0.29, 0.717) is 45.1 Å². The van der Waals surface area contributed by atoms with Crippen molar-refractivity contribution in [2.24, 2.45) is 5.92 Å². The Morgan fingerprint density at radius 1 is 1.12 bits per heavy atom. The molecule has 3 amide bonds. The van der Waals surface area contributed by atoms with Gasteiger partial charge in [0.15, 0.2) is 0 Å². The summed E-state index contributed by atoms with van der Waals surface area (Å²) in [6.07, 6.45) is 3.35. The highest BCUT2D eigenvalue weighted by Crippen LogP contribution is 2.32. The lowest BCUT2D eigenvalue weighted by Gasteiger charge is -2.38. The Morgan fingerprint density at radius 2 is 1.80 bits per heavy atom. The van der Waals surface area contributed by atoms with Gasteiger partial charge in [0.1, 0.15) is 0 Å². The molecule has 0 spiro atoms. The Labute approximate surface area is 149 Å². The van der Waals surface area contributed by atoms with Crippen molar-refractivity contribution in [2.75, 3.05) is 39.3 Å². The van der Waals surface area contributed by atoms with Crippen LogP contribution in [0.25, 0.3) is 0 Å². The molecule has 3 rings (SSSR count). The van der Waals surface area contributed by atoms with Crippen molar-refractivity contribution < 1.29 is 14.4 Å². The van der Waals surface area contributed by atoms with E-state index in [1.165, 1.54) is 0 Å². The predicted molar refractivity (Wildman–Crippen MR) is 93.8 cm³/mol. The van der Waals surface area contributed by atoms with E-state index < -0.39 is 0 Å². The van der Waals surface area contributed by atoms with E-state index >= 15 is 0 Å².